The van der Waals surface area contributed by atoms with Crippen LogP contribution in [0.25, 0.3) is 22.0 Å². The van der Waals surface area contributed by atoms with Gasteiger partial charge in [0.2, 0.25) is 0 Å². The van der Waals surface area contributed by atoms with Crippen molar-refractivity contribution in [1.29, 1.82) is 0 Å². The number of β-amino-alcohol motifs (C(OH)–C–C–N with tert-alkyl or cyclic N) is 1. The lowest BCUT2D eigenvalue weighted by Crippen LogP contribution is -2.33. The molecule has 2 aromatic carbocycles. The van der Waals surface area contributed by atoms with E-state index in [0.717, 1.165) is 86.7 Å². The number of likely N-dealkylation sites (tertiary alicyclic amines) is 1. The molecule has 38 heavy (non-hydrogen) atoms. The van der Waals surface area contributed by atoms with Crippen LogP contribution >= 0.6 is 11.6 Å². The van der Waals surface area contributed by atoms with E-state index in [1.54, 1.807) is 12.3 Å². The van der Waals surface area contributed by atoms with E-state index in [0.29, 0.717) is 17.0 Å². The Hall–Kier alpha value is -2.74. The molecule has 2 heterocycles. The van der Waals surface area contributed by atoms with E-state index in [1.165, 1.54) is 6.07 Å². The summed E-state index contributed by atoms with van der Waals surface area (Å²) in [4.78, 5) is 20.2. The molecule has 2 saturated carbocycles. The molecule has 1 aromatic heterocycles. The van der Waals surface area contributed by atoms with Crippen molar-refractivity contribution in [3.8, 4) is 16.9 Å². The lowest BCUT2D eigenvalue weighted by molar-refractivity contribution is 0.0968. The number of carbonyl (C=O) groups excluding carboxylic acids is 1. The van der Waals surface area contributed by atoms with Gasteiger partial charge >= 0.3 is 0 Å². The fourth-order valence-corrected chi connectivity index (χ4v) is 6.26. The summed E-state index contributed by atoms with van der Waals surface area (Å²) in [5.41, 5.74) is 3.47. The van der Waals surface area contributed by atoms with Crippen LogP contribution < -0.4 is 5.32 Å². The van der Waals surface area contributed by atoms with E-state index in [1.807, 2.05) is 18.2 Å². The van der Waals surface area contributed by atoms with Gasteiger partial charge in [-0.3, -0.25) is 9.78 Å². The quantitative estimate of drug-likeness (QED) is 0.319. The zero-order valence-electron chi connectivity index (χ0n) is 21.3. The molecular formula is C30H33ClFN3O3. The van der Waals surface area contributed by atoms with Gasteiger partial charge in [-0.15, -0.1) is 0 Å². The van der Waals surface area contributed by atoms with Gasteiger partial charge in [0, 0.05) is 43.2 Å². The third-order valence-electron chi connectivity index (χ3n) is 8.39. The van der Waals surface area contributed by atoms with Crippen molar-refractivity contribution in [1.82, 2.24) is 9.88 Å². The second-order valence-electron chi connectivity index (χ2n) is 11.3. The number of fused-ring (bicyclic) bond motifs is 1. The molecule has 1 aliphatic heterocycles. The number of anilines is 1. The maximum Gasteiger partial charge on any atom is 0.170 e. The Bertz CT molecular complexity index is 1350. The minimum atomic E-state index is -0.776. The number of Topliss-reactive ketones (excluding diaryl/α,β-unsaturated/α-hetero) is 1. The molecule has 3 N–H and O–H groups in total. The molecule has 2 aliphatic carbocycles. The van der Waals surface area contributed by atoms with Crippen LogP contribution in [0, 0.1) is 17.7 Å². The molecule has 200 valence electrons. The van der Waals surface area contributed by atoms with Crippen LogP contribution in [0.2, 0.25) is 5.02 Å². The van der Waals surface area contributed by atoms with E-state index >= 15 is 0 Å². The molecule has 1 saturated heterocycles. The third-order valence-corrected chi connectivity index (χ3v) is 8.68. The van der Waals surface area contributed by atoms with E-state index in [2.05, 4.69) is 15.2 Å². The maximum absolute atomic E-state index is 14.3. The summed E-state index contributed by atoms with van der Waals surface area (Å²) in [7, 11) is 0. The molecule has 1 unspecified atom stereocenters. The van der Waals surface area contributed by atoms with Gasteiger partial charge in [-0.1, -0.05) is 17.7 Å². The van der Waals surface area contributed by atoms with Gasteiger partial charge in [-0.05, 0) is 86.3 Å². The second kappa shape index (κ2) is 10.4. The molecule has 3 fully saturated rings. The Morgan fingerprint density at radius 3 is 2.55 bits per heavy atom. The fraction of sp³-hybridized carbons (Fsp3) is 0.467. The van der Waals surface area contributed by atoms with Gasteiger partial charge in [-0.2, -0.15) is 0 Å². The summed E-state index contributed by atoms with van der Waals surface area (Å²) in [6, 6.07) is 8.72. The van der Waals surface area contributed by atoms with Crippen LogP contribution in [0.1, 0.15) is 55.3 Å². The highest BCUT2D eigenvalue weighted by atomic mass is 35.5. The first kappa shape index (κ1) is 25.5. The molecule has 0 radical (unpaired) electrons. The zero-order chi connectivity index (χ0) is 26.4. The number of halogens is 2. The summed E-state index contributed by atoms with van der Waals surface area (Å²) < 4.78 is 14.3. The number of hydrogen-bond acceptors (Lipinski definition) is 6. The summed E-state index contributed by atoms with van der Waals surface area (Å²) >= 11 is 6.05. The fourth-order valence-electron chi connectivity index (χ4n) is 6.05. The van der Waals surface area contributed by atoms with Gasteiger partial charge in [0.05, 0.1) is 27.9 Å². The highest BCUT2D eigenvalue weighted by Gasteiger charge is 2.33. The normalized spacial score (nSPS) is 24.1. The van der Waals surface area contributed by atoms with Crippen molar-refractivity contribution in [2.24, 2.45) is 11.8 Å². The van der Waals surface area contributed by atoms with Crippen LogP contribution in [0.3, 0.4) is 0 Å². The first-order valence-corrected chi connectivity index (χ1v) is 14.1. The monoisotopic (exact) mass is 537 g/mol. The highest BCUT2D eigenvalue weighted by molar-refractivity contribution is 6.32. The molecule has 8 heteroatoms. The second-order valence-corrected chi connectivity index (χ2v) is 11.7. The van der Waals surface area contributed by atoms with Crippen LogP contribution in [0.5, 0.6) is 5.75 Å². The number of nitrogens with zero attached hydrogens (tertiary/aromatic N) is 2. The highest BCUT2D eigenvalue weighted by Crippen LogP contribution is 2.40. The number of phenolic OH excluding ortho intramolecular Hbond substituents is 1. The third kappa shape index (κ3) is 5.24. The molecule has 0 bridgehead atoms. The predicted octanol–water partition coefficient (Wildman–Crippen LogP) is 6.03. The molecule has 6 nitrogen and oxygen atoms in total. The minimum absolute atomic E-state index is 0.0468. The molecule has 0 amide bonds. The van der Waals surface area contributed by atoms with Crippen molar-refractivity contribution in [2.45, 2.75) is 57.1 Å². The number of aromatic nitrogens is 1. The van der Waals surface area contributed by atoms with E-state index in [-0.39, 0.29) is 28.9 Å². The predicted molar refractivity (Wildman–Crippen MR) is 147 cm³/mol. The zero-order valence-corrected chi connectivity index (χ0v) is 22.1. The number of pyridine rings is 1. The number of hydrogen-bond donors (Lipinski definition) is 3. The average Bonchev–Trinajstić information content (AvgIpc) is 3.69. The maximum atomic E-state index is 14.3. The number of aromatic hydroxyl groups is 1. The first-order chi connectivity index (χ1) is 18.4. The number of aliphatic hydroxyl groups is 1. The topological polar surface area (TPSA) is 85.7 Å². The Labute approximate surface area is 226 Å². The Balaban J connectivity index is 1.28. The Morgan fingerprint density at radius 1 is 1.08 bits per heavy atom. The van der Waals surface area contributed by atoms with Gasteiger partial charge < -0.3 is 20.4 Å². The summed E-state index contributed by atoms with van der Waals surface area (Å²) in [6.45, 7) is 2.81. The van der Waals surface area contributed by atoms with Gasteiger partial charge in [-0.25, -0.2) is 4.39 Å². The number of nitrogens with one attached hydrogen (secondary N) is 1. The lowest BCUT2D eigenvalue weighted by atomic mass is 9.85. The van der Waals surface area contributed by atoms with E-state index in [9.17, 15) is 19.4 Å². The van der Waals surface area contributed by atoms with Gasteiger partial charge in [0.25, 0.3) is 0 Å². The molecular weight excluding hydrogens is 505 g/mol. The summed E-state index contributed by atoms with van der Waals surface area (Å²) in [6.07, 6.45) is 8.46. The Kier molecular flexibility index (Phi) is 7.01. The summed E-state index contributed by atoms with van der Waals surface area (Å²) in [5.74, 6) is -0.515. The Morgan fingerprint density at radius 2 is 1.87 bits per heavy atom. The van der Waals surface area contributed by atoms with Crippen LogP contribution in [-0.4, -0.2) is 57.7 Å². The number of phenols is 1. The van der Waals surface area contributed by atoms with Crippen molar-refractivity contribution >= 4 is 34.0 Å². The molecule has 3 aliphatic rings. The largest absolute Gasteiger partial charge is 0.504 e. The molecule has 0 spiro atoms. The van der Waals surface area contributed by atoms with Crippen molar-refractivity contribution in [3.05, 3.63) is 52.9 Å². The van der Waals surface area contributed by atoms with E-state index < -0.39 is 11.6 Å². The number of benzene rings is 2. The summed E-state index contributed by atoms with van der Waals surface area (Å²) in [5, 5.41) is 24.1. The SMILES string of the molecule is O=C(c1cnc2ccc(-c3cc(F)c(O)c(Cl)c3)cc2c1NC1CCC(CN2CCC(O)C2)CC1)C1CC1. The smallest absolute Gasteiger partial charge is 0.170 e. The van der Waals surface area contributed by atoms with Crippen LogP contribution in [0.4, 0.5) is 10.1 Å². The molecule has 6 rings (SSSR count). The van der Waals surface area contributed by atoms with Gasteiger partial charge in [0.1, 0.15) is 0 Å². The molecule has 3 aromatic rings. The van der Waals surface area contributed by atoms with Crippen LogP contribution in [0.15, 0.2) is 36.5 Å². The average molecular weight is 538 g/mol. The number of aliphatic hydroxyl groups excluding tert-OH is 1. The van der Waals surface area contributed by atoms with Crippen molar-refractivity contribution < 1.29 is 19.4 Å². The lowest BCUT2D eigenvalue weighted by Gasteiger charge is -2.32. The van der Waals surface area contributed by atoms with Crippen molar-refractivity contribution in [2.75, 3.05) is 25.0 Å². The molecule has 1 atom stereocenters. The first-order valence-electron chi connectivity index (χ1n) is 13.7. The number of rotatable bonds is 7. The number of ketones is 1. The van der Waals surface area contributed by atoms with Crippen LogP contribution in [-0.2, 0) is 0 Å². The van der Waals surface area contributed by atoms with Crippen molar-refractivity contribution in [3.63, 3.8) is 0 Å². The van der Waals surface area contributed by atoms with Gasteiger partial charge in [0.15, 0.2) is 17.3 Å². The number of carbonyl (C=O) groups is 1. The van der Waals surface area contributed by atoms with E-state index in [4.69, 9.17) is 11.6 Å². The minimum Gasteiger partial charge on any atom is -0.504 e. The standard InChI is InChI=1S/C30H33ClFN3O3/c31-25-12-20(13-26(32)30(25)38)19-5-8-27-23(11-19)28(24(14-33-27)29(37)18-3-4-18)34-21-6-1-17(2-7-21)15-35-10-9-22(36)16-35/h5,8,11-14,17-18,21-22,36,38H,1-4,6-7,9-10,15-16H2,(H,33,34).